The molecule has 2 aromatic heterocycles. The van der Waals surface area contributed by atoms with Gasteiger partial charge in [-0.3, -0.25) is 9.55 Å². The first kappa shape index (κ1) is 40.4. The third kappa shape index (κ3) is 8.65. The maximum atomic E-state index is 12.4. The number of nitrogens with zero attached hydrogens (tertiary/aromatic N) is 3. The van der Waals surface area contributed by atoms with Crippen molar-refractivity contribution in [1.82, 2.24) is 14.5 Å². The number of benzene rings is 7. The minimum atomic E-state index is -2.18. The summed E-state index contributed by atoms with van der Waals surface area (Å²) in [5, 5.41) is 12.4. The van der Waals surface area contributed by atoms with Crippen LogP contribution >= 0.6 is 0 Å². The number of aryl methyl sites for hydroxylation is 2. The molecule has 1 N–H and O–H groups in total. The first-order valence-electron chi connectivity index (χ1n) is 23.3. The van der Waals surface area contributed by atoms with Gasteiger partial charge in [-0.2, -0.15) is 0 Å². The molecule has 9 aromatic rings. The molecule has 0 saturated carbocycles. The Labute approximate surface area is 397 Å². The molecule has 322 valence electrons. The van der Waals surface area contributed by atoms with E-state index in [4.69, 9.17) is 14.1 Å². The van der Waals surface area contributed by atoms with Crippen molar-refractivity contribution in [2.75, 3.05) is 0 Å². The van der Waals surface area contributed by atoms with Gasteiger partial charge in [-0.15, -0.1) is 23.8 Å². The third-order valence-corrected chi connectivity index (χ3v) is 12.0. The summed E-state index contributed by atoms with van der Waals surface area (Å²) in [6, 6.07) is 57.1. The molecule has 0 saturated heterocycles. The van der Waals surface area contributed by atoms with Crippen molar-refractivity contribution in [3.63, 3.8) is 0 Å². The second-order valence-corrected chi connectivity index (χ2v) is 18.5. The summed E-state index contributed by atoms with van der Waals surface area (Å²) in [6.07, 6.45) is 2.62. The molecule has 0 fully saturated rings. The Hall–Kier alpha value is -6.35. The molecule has 0 aliphatic heterocycles. The van der Waals surface area contributed by atoms with Gasteiger partial charge >= 0.3 is 0 Å². The molecule has 0 aliphatic rings. The van der Waals surface area contributed by atoms with E-state index >= 15 is 0 Å². The Morgan fingerprint density at radius 3 is 1.97 bits per heavy atom. The van der Waals surface area contributed by atoms with Crippen LogP contribution in [-0.4, -0.2) is 19.6 Å². The normalized spacial score (nSPS) is 12.6. The maximum absolute atomic E-state index is 12.4. The van der Waals surface area contributed by atoms with E-state index in [1.165, 1.54) is 16.7 Å². The van der Waals surface area contributed by atoms with Crippen LogP contribution in [0.15, 0.2) is 164 Å². The molecular weight excluding hydrogens is 962 g/mol. The van der Waals surface area contributed by atoms with Crippen molar-refractivity contribution in [3.8, 4) is 78.6 Å². The second kappa shape index (κ2) is 17.7. The number of phenolic OH excluding ortho intramolecular Hbond substituents is 1. The Morgan fingerprint density at radius 1 is 0.609 bits per heavy atom. The summed E-state index contributed by atoms with van der Waals surface area (Å²) < 4.78 is 25.8. The summed E-state index contributed by atoms with van der Waals surface area (Å²) in [7, 11) is 0. The van der Waals surface area contributed by atoms with Crippen LogP contribution in [0.5, 0.6) is 5.75 Å². The minimum absolute atomic E-state index is 0. The molecule has 2 heterocycles. The number of pyridine rings is 1. The molecule has 64 heavy (non-hydrogen) atoms. The monoisotopic (exact) mass is 1020 g/mol. The minimum Gasteiger partial charge on any atom is -0.507 e. The molecular formula is C59H54N3OPt-. The SMILES string of the molecule is [2H]C([2H])([2H])c1ccc(-c2ccnc(-c3[c-]c(-c4cccc5c4nc(-c4cc(C(C)(C)C)cc(C(C)(C)C)c4O)n5-c4ccc(-c5ccccc5)c(CC)c4)cc(-c4ccccc4)c3)c2)cc1.[Pt]. The predicted molar refractivity (Wildman–Crippen MR) is 263 cm³/mol. The number of aromatic hydroxyl groups is 1. The van der Waals surface area contributed by atoms with Gasteiger partial charge in [0, 0.05) is 48.3 Å². The quantitative estimate of drug-likeness (QED) is 0.154. The van der Waals surface area contributed by atoms with Gasteiger partial charge in [0.1, 0.15) is 11.6 Å². The van der Waals surface area contributed by atoms with Gasteiger partial charge in [0.25, 0.3) is 0 Å². The topological polar surface area (TPSA) is 50.9 Å². The molecule has 0 aliphatic carbocycles. The molecule has 0 spiro atoms. The van der Waals surface area contributed by atoms with Crippen LogP contribution in [0.4, 0.5) is 0 Å². The average Bonchev–Trinajstić information content (AvgIpc) is 3.70. The number of phenols is 1. The summed E-state index contributed by atoms with van der Waals surface area (Å²) in [5.74, 6) is 0.878. The Morgan fingerprint density at radius 2 is 1.30 bits per heavy atom. The Balaban J connectivity index is 0.00000608. The fraction of sp³-hybridized carbons (Fsp3) is 0.186. The molecule has 0 unspecified atom stereocenters. The molecule has 0 radical (unpaired) electrons. The van der Waals surface area contributed by atoms with Gasteiger partial charge in [0.15, 0.2) is 0 Å². The van der Waals surface area contributed by atoms with E-state index < -0.39 is 6.85 Å². The summed E-state index contributed by atoms with van der Waals surface area (Å²) in [5.41, 5.74) is 15.7. The maximum Gasteiger partial charge on any atom is 0.148 e. The second-order valence-electron chi connectivity index (χ2n) is 18.5. The van der Waals surface area contributed by atoms with Crippen molar-refractivity contribution in [1.29, 1.82) is 0 Å². The van der Waals surface area contributed by atoms with E-state index in [2.05, 4.69) is 156 Å². The molecule has 7 aromatic carbocycles. The zero-order chi connectivity index (χ0) is 46.5. The first-order chi connectivity index (χ1) is 31.5. The van der Waals surface area contributed by atoms with E-state index in [9.17, 15) is 5.11 Å². The van der Waals surface area contributed by atoms with E-state index in [0.717, 1.165) is 78.9 Å². The predicted octanol–water partition coefficient (Wildman–Crippen LogP) is 15.4. The zero-order valence-corrected chi connectivity index (χ0v) is 39.7. The molecule has 4 nitrogen and oxygen atoms in total. The van der Waals surface area contributed by atoms with Crippen LogP contribution in [0.2, 0.25) is 0 Å². The van der Waals surface area contributed by atoms with Gasteiger partial charge in [-0.05, 0) is 93.4 Å². The smallest absolute Gasteiger partial charge is 0.148 e. The van der Waals surface area contributed by atoms with Crippen molar-refractivity contribution >= 4 is 11.0 Å². The van der Waals surface area contributed by atoms with Crippen LogP contribution in [0, 0.1) is 12.9 Å². The molecule has 5 heteroatoms. The number of hydrogen-bond acceptors (Lipinski definition) is 3. The zero-order valence-electron chi connectivity index (χ0n) is 40.4. The number of fused-ring (bicyclic) bond motifs is 1. The van der Waals surface area contributed by atoms with Crippen LogP contribution in [0.1, 0.15) is 74.8 Å². The molecule has 0 amide bonds. The third-order valence-electron chi connectivity index (χ3n) is 12.0. The van der Waals surface area contributed by atoms with Crippen molar-refractivity contribution in [2.45, 2.75) is 72.6 Å². The number of aromatic nitrogens is 3. The van der Waals surface area contributed by atoms with Crippen LogP contribution in [-0.2, 0) is 38.3 Å². The largest absolute Gasteiger partial charge is 0.507 e. The number of hydrogen-bond donors (Lipinski definition) is 1. The van der Waals surface area contributed by atoms with Crippen LogP contribution in [0.3, 0.4) is 0 Å². The van der Waals surface area contributed by atoms with Gasteiger partial charge in [0.05, 0.1) is 16.6 Å². The number of imidazole rings is 1. The van der Waals surface area contributed by atoms with Gasteiger partial charge in [-0.25, -0.2) is 4.98 Å². The van der Waals surface area contributed by atoms with E-state index in [0.29, 0.717) is 17.0 Å². The van der Waals surface area contributed by atoms with Crippen molar-refractivity contribution in [2.24, 2.45) is 0 Å². The van der Waals surface area contributed by atoms with Gasteiger partial charge in [0.2, 0.25) is 0 Å². The van der Waals surface area contributed by atoms with E-state index in [1.807, 2.05) is 48.5 Å². The summed E-state index contributed by atoms with van der Waals surface area (Å²) in [6.45, 7) is 13.1. The standard InChI is InChI=1S/C59H54N3O.Pt/c1-9-39-34-48(27-28-49(39)42-19-14-11-15-20-42)62-54-22-16-21-50(55(54)61-57(62)51-36-47(58(3,4)5)37-52(56(51)63)59(6,7)8)45-31-44(40-17-12-10-13-18-40)32-46(33-45)53-35-43(29-30-60-53)41-25-23-38(2)24-26-41;/h10-32,34-37,63H,9H2,1-8H3;/q-1;/i2D3;. The number of para-hydroxylation sites is 1. The average molecular weight is 1020 g/mol. The summed E-state index contributed by atoms with van der Waals surface area (Å²) >= 11 is 0. The molecule has 9 rings (SSSR count). The fourth-order valence-corrected chi connectivity index (χ4v) is 8.55. The fourth-order valence-electron chi connectivity index (χ4n) is 8.55. The van der Waals surface area contributed by atoms with Crippen molar-refractivity contribution in [3.05, 3.63) is 192 Å². The van der Waals surface area contributed by atoms with Crippen molar-refractivity contribution < 1.29 is 30.3 Å². The van der Waals surface area contributed by atoms with Crippen LogP contribution in [0.25, 0.3) is 83.9 Å². The number of rotatable bonds is 8. The van der Waals surface area contributed by atoms with Gasteiger partial charge in [-0.1, -0.05) is 186 Å². The molecule has 0 atom stereocenters. The van der Waals surface area contributed by atoms with E-state index in [1.54, 1.807) is 18.3 Å². The van der Waals surface area contributed by atoms with Gasteiger partial charge < -0.3 is 5.11 Å². The molecule has 0 bridgehead atoms. The Bertz CT molecular complexity index is 3240. The van der Waals surface area contributed by atoms with Crippen LogP contribution < -0.4 is 0 Å². The Kier molecular flexibility index (Phi) is 11.2. The van der Waals surface area contributed by atoms with E-state index in [-0.39, 0.29) is 37.6 Å². The summed E-state index contributed by atoms with van der Waals surface area (Å²) in [4.78, 5) is 10.5. The first-order valence-corrected chi connectivity index (χ1v) is 21.8.